The summed E-state index contributed by atoms with van der Waals surface area (Å²) in [6.07, 6.45) is 3.29. The normalized spacial score (nSPS) is 13.2. The Morgan fingerprint density at radius 2 is 2.33 bits per heavy atom. The molecule has 0 saturated carbocycles. The van der Waals surface area contributed by atoms with Crippen LogP contribution in [0.5, 0.6) is 5.75 Å². The number of benzene rings is 1. The Balaban J connectivity index is 1.78. The molecule has 1 aromatic carbocycles. The van der Waals surface area contributed by atoms with E-state index in [0.717, 1.165) is 31.6 Å². The van der Waals surface area contributed by atoms with Gasteiger partial charge < -0.3 is 9.47 Å². The van der Waals surface area contributed by atoms with Crippen molar-refractivity contribution in [3.05, 3.63) is 29.3 Å². The molecule has 0 saturated heterocycles. The van der Waals surface area contributed by atoms with E-state index >= 15 is 0 Å². The van der Waals surface area contributed by atoms with Crippen LogP contribution in [0.3, 0.4) is 0 Å². The maximum atomic E-state index is 11.6. The minimum absolute atomic E-state index is 0.181. The molecule has 1 heterocycles. The van der Waals surface area contributed by atoms with Gasteiger partial charge in [-0.3, -0.25) is 4.79 Å². The lowest BCUT2D eigenvalue weighted by Crippen LogP contribution is -2.10. The maximum absolute atomic E-state index is 11.6. The van der Waals surface area contributed by atoms with Gasteiger partial charge in [-0.05, 0) is 30.0 Å². The SMILES string of the molecule is CCCOCC(=O)CCc1ccc2c(c1)CCO2. The molecular weight excluding hydrogens is 228 g/mol. The number of ketones is 1. The van der Waals surface area contributed by atoms with Crippen molar-refractivity contribution in [2.75, 3.05) is 19.8 Å². The third-order valence-electron chi connectivity index (χ3n) is 3.06. The van der Waals surface area contributed by atoms with Gasteiger partial charge in [0.1, 0.15) is 12.4 Å². The Morgan fingerprint density at radius 1 is 1.44 bits per heavy atom. The minimum atomic E-state index is 0.181. The van der Waals surface area contributed by atoms with Crippen molar-refractivity contribution >= 4 is 5.78 Å². The lowest BCUT2D eigenvalue weighted by molar-refractivity contribution is -0.123. The Morgan fingerprint density at radius 3 is 3.17 bits per heavy atom. The molecule has 0 unspecified atom stereocenters. The van der Waals surface area contributed by atoms with Gasteiger partial charge in [0.2, 0.25) is 0 Å². The van der Waals surface area contributed by atoms with Crippen LogP contribution >= 0.6 is 0 Å². The molecule has 0 radical (unpaired) electrons. The zero-order chi connectivity index (χ0) is 12.8. The number of aryl methyl sites for hydroxylation is 1. The fourth-order valence-electron chi connectivity index (χ4n) is 2.08. The molecular formula is C15H20O3. The zero-order valence-electron chi connectivity index (χ0n) is 10.9. The maximum Gasteiger partial charge on any atom is 0.158 e. The first-order valence-electron chi connectivity index (χ1n) is 6.63. The quantitative estimate of drug-likeness (QED) is 0.696. The Bertz CT molecular complexity index is 412. The number of fused-ring (bicyclic) bond motifs is 1. The van der Waals surface area contributed by atoms with Gasteiger partial charge in [-0.25, -0.2) is 0 Å². The van der Waals surface area contributed by atoms with Gasteiger partial charge in [-0.1, -0.05) is 19.1 Å². The Hall–Kier alpha value is -1.35. The molecule has 1 aliphatic heterocycles. The summed E-state index contributed by atoms with van der Waals surface area (Å²) in [5, 5.41) is 0. The van der Waals surface area contributed by atoms with E-state index in [1.807, 2.05) is 19.1 Å². The summed E-state index contributed by atoms with van der Waals surface area (Å²) in [6.45, 7) is 3.74. The van der Waals surface area contributed by atoms with Crippen LogP contribution in [0.1, 0.15) is 30.9 Å². The van der Waals surface area contributed by atoms with Crippen molar-refractivity contribution in [1.29, 1.82) is 0 Å². The van der Waals surface area contributed by atoms with Gasteiger partial charge in [-0.15, -0.1) is 0 Å². The molecule has 0 bridgehead atoms. The van der Waals surface area contributed by atoms with Crippen molar-refractivity contribution < 1.29 is 14.3 Å². The van der Waals surface area contributed by atoms with E-state index in [2.05, 4.69) is 6.07 Å². The lowest BCUT2D eigenvalue weighted by atomic mass is 10.0. The summed E-state index contributed by atoms with van der Waals surface area (Å²) in [6, 6.07) is 6.21. The second-order valence-corrected chi connectivity index (χ2v) is 4.63. The summed E-state index contributed by atoms with van der Waals surface area (Å²) < 4.78 is 10.7. The van der Waals surface area contributed by atoms with Gasteiger partial charge in [0, 0.05) is 19.4 Å². The van der Waals surface area contributed by atoms with E-state index in [0.29, 0.717) is 13.0 Å². The van der Waals surface area contributed by atoms with Gasteiger partial charge >= 0.3 is 0 Å². The first-order valence-corrected chi connectivity index (χ1v) is 6.63. The average Bonchev–Trinajstić information content (AvgIpc) is 2.84. The summed E-state index contributed by atoms with van der Waals surface area (Å²) in [7, 11) is 0. The molecule has 1 aromatic rings. The fourth-order valence-corrected chi connectivity index (χ4v) is 2.08. The van der Waals surface area contributed by atoms with Gasteiger partial charge in [-0.2, -0.15) is 0 Å². The monoisotopic (exact) mass is 248 g/mol. The second-order valence-electron chi connectivity index (χ2n) is 4.63. The summed E-state index contributed by atoms with van der Waals surface area (Å²) >= 11 is 0. The van der Waals surface area contributed by atoms with E-state index in [-0.39, 0.29) is 12.4 Å². The van der Waals surface area contributed by atoms with E-state index in [1.54, 1.807) is 0 Å². The van der Waals surface area contributed by atoms with E-state index in [4.69, 9.17) is 9.47 Å². The van der Waals surface area contributed by atoms with Crippen LogP contribution in [0.15, 0.2) is 18.2 Å². The average molecular weight is 248 g/mol. The Labute approximate surface area is 108 Å². The number of carbonyl (C=O) groups is 1. The summed E-state index contributed by atoms with van der Waals surface area (Å²) in [4.78, 5) is 11.6. The Kier molecular flexibility index (Phi) is 4.76. The molecule has 3 heteroatoms. The topological polar surface area (TPSA) is 35.5 Å². The molecule has 1 aliphatic rings. The van der Waals surface area contributed by atoms with Crippen molar-refractivity contribution in [1.82, 2.24) is 0 Å². The molecule has 0 aliphatic carbocycles. The van der Waals surface area contributed by atoms with Gasteiger partial charge in [0.25, 0.3) is 0 Å². The first kappa shape index (κ1) is 13.1. The number of carbonyl (C=O) groups excluding carboxylic acids is 1. The highest BCUT2D eigenvalue weighted by Crippen LogP contribution is 2.26. The summed E-state index contributed by atoms with van der Waals surface area (Å²) in [5.74, 6) is 1.18. The van der Waals surface area contributed by atoms with E-state index in [9.17, 15) is 4.79 Å². The number of hydrogen-bond acceptors (Lipinski definition) is 3. The third kappa shape index (κ3) is 3.57. The highest BCUT2D eigenvalue weighted by molar-refractivity contribution is 5.79. The van der Waals surface area contributed by atoms with E-state index < -0.39 is 0 Å². The molecule has 0 amide bonds. The van der Waals surface area contributed by atoms with Crippen LogP contribution in [-0.4, -0.2) is 25.6 Å². The lowest BCUT2D eigenvalue weighted by Gasteiger charge is -2.04. The van der Waals surface area contributed by atoms with Crippen LogP contribution in [-0.2, 0) is 22.4 Å². The molecule has 0 aromatic heterocycles. The molecule has 2 rings (SSSR count). The minimum Gasteiger partial charge on any atom is -0.493 e. The van der Waals surface area contributed by atoms with E-state index in [1.165, 1.54) is 11.1 Å². The standard InChI is InChI=1S/C15H20O3/c1-2-8-17-11-14(16)5-3-12-4-6-15-13(10-12)7-9-18-15/h4,6,10H,2-3,5,7-9,11H2,1H3. The second kappa shape index (κ2) is 6.55. The van der Waals surface area contributed by atoms with Crippen molar-refractivity contribution in [2.24, 2.45) is 0 Å². The number of hydrogen-bond donors (Lipinski definition) is 0. The highest BCUT2D eigenvalue weighted by Gasteiger charge is 2.12. The van der Waals surface area contributed by atoms with Crippen molar-refractivity contribution in [3.8, 4) is 5.75 Å². The van der Waals surface area contributed by atoms with Crippen LogP contribution in [0, 0.1) is 0 Å². The molecule has 0 spiro atoms. The molecule has 0 atom stereocenters. The predicted molar refractivity (Wildman–Crippen MR) is 70.1 cm³/mol. The molecule has 98 valence electrons. The predicted octanol–water partition coefficient (Wildman–Crippen LogP) is 2.55. The molecule has 3 nitrogen and oxygen atoms in total. The number of ether oxygens (including phenoxy) is 2. The third-order valence-corrected chi connectivity index (χ3v) is 3.06. The first-order chi connectivity index (χ1) is 8.79. The molecule has 18 heavy (non-hydrogen) atoms. The number of Topliss-reactive ketones (excluding diaryl/α,β-unsaturated/α-hetero) is 1. The van der Waals surface area contributed by atoms with Crippen molar-refractivity contribution in [2.45, 2.75) is 32.6 Å². The number of rotatable bonds is 7. The molecule has 0 fully saturated rings. The van der Waals surface area contributed by atoms with Gasteiger partial charge in [0.15, 0.2) is 5.78 Å². The van der Waals surface area contributed by atoms with Crippen LogP contribution in [0.2, 0.25) is 0 Å². The molecule has 0 N–H and O–H groups in total. The largest absolute Gasteiger partial charge is 0.493 e. The van der Waals surface area contributed by atoms with Crippen LogP contribution in [0.25, 0.3) is 0 Å². The van der Waals surface area contributed by atoms with Crippen LogP contribution in [0.4, 0.5) is 0 Å². The smallest absolute Gasteiger partial charge is 0.158 e. The van der Waals surface area contributed by atoms with Gasteiger partial charge in [0.05, 0.1) is 6.61 Å². The summed E-state index contributed by atoms with van der Waals surface area (Å²) in [5.41, 5.74) is 2.48. The fraction of sp³-hybridized carbons (Fsp3) is 0.533. The van der Waals surface area contributed by atoms with Crippen molar-refractivity contribution in [3.63, 3.8) is 0 Å². The zero-order valence-corrected chi connectivity index (χ0v) is 10.9. The van der Waals surface area contributed by atoms with Crippen LogP contribution < -0.4 is 4.74 Å². The highest BCUT2D eigenvalue weighted by atomic mass is 16.5.